The van der Waals surface area contributed by atoms with Crippen molar-refractivity contribution in [2.24, 2.45) is 9.98 Å². The van der Waals surface area contributed by atoms with Crippen LogP contribution in [0.25, 0.3) is 22.2 Å². The Hall–Kier alpha value is -3.08. The van der Waals surface area contributed by atoms with Crippen molar-refractivity contribution < 1.29 is 0 Å². The lowest BCUT2D eigenvalue weighted by Crippen LogP contribution is -2.22. The van der Waals surface area contributed by atoms with Crippen molar-refractivity contribution >= 4 is 22.6 Å². The van der Waals surface area contributed by atoms with E-state index in [4.69, 9.17) is 0 Å². The molecule has 3 aromatic rings. The molecule has 0 aliphatic carbocycles. The molecule has 0 fully saturated rings. The molecule has 0 bridgehead atoms. The molecule has 3 heterocycles. The van der Waals surface area contributed by atoms with E-state index in [2.05, 4.69) is 68.1 Å². The molecule has 0 radical (unpaired) electrons. The van der Waals surface area contributed by atoms with Gasteiger partial charge in [-0.25, -0.2) is 0 Å². The SMILES string of the molecule is c1ccc(-c2cc3c(C4=NCCN4)cc(C4=NCCN4)cc3[nH]2)cc1. The molecule has 25 heavy (non-hydrogen) atoms. The highest BCUT2D eigenvalue weighted by Crippen LogP contribution is 2.28. The molecule has 0 saturated carbocycles. The molecular weight excluding hydrogens is 310 g/mol. The van der Waals surface area contributed by atoms with Gasteiger partial charge in [0, 0.05) is 40.8 Å². The Morgan fingerprint density at radius 2 is 1.52 bits per heavy atom. The predicted molar refractivity (Wildman–Crippen MR) is 103 cm³/mol. The lowest BCUT2D eigenvalue weighted by Gasteiger charge is -2.09. The fourth-order valence-electron chi connectivity index (χ4n) is 3.51. The monoisotopic (exact) mass is 329 g/mol. The number of H-pyrrole nitrogens is 1. The summed E-state index contributed by atoms with van der Waals surface area (Å²) >= 11 is 0. The van der Waals surface area contributed by atoms with Crippen LogP contribution in [0.15, 0.2) is 58.5 Å². The largest absolute Gasteiger partial charge is 0.368 e. The van der Waals surface area contributed by atoms with E-state index < -0.39 is 0 Å². The summed E-state index contributed by atoms with van der Waals surface area (Å²) in [6.07, 6.45) is 0. The number of nitrogens with zero attached hydrogens (tertiary/aromatic N) is 2. The first kappa shape index (κ1) is 14.3. The van der Waals surface area contributed by atoms with E-state index in [1.165, 1.54) is 10.9 Å². The lowest BCUT2D eigenvalue weighted by atomic mass is 10.0. The third-order valence-electron chi connectivity index (χ3n) is 4.70. The van der Waals surface area contributed by atoms with E-state index in [9.17, 15) is 0 Å². The van der Waals surface area contributed by atoms with E-state index in [-0.39, 0.29) is 0 Å². The molecule has 5 rings (SSSR count). The number of nitrogens with one attached hydrogen (secondary N) is 3. The zero-order valence-electron chi connectivity index (χ0n) is 13.8. The first-order chi connectivity index (χ1) is 12.4. The molecule has 3 N–H and O–H groups in total. The molecule has 5 heteroatoms. The average molecular weight is 329 g/mol. The summed E-state index contributed by atoms with van der Waals surface area (Å²) in [6, 6.07) is 17.0. The molecule has 2 aliphatic heterocycles. The molecule has 124 valence electrons. The minimum absolute atomic E-state index is 0.830. The minimum atomic E-state index is 0.830. The number of fused-ring (bicyclic) bond motifs is 1. The highest BCUT2D eigenvalue weighted by Gasteiger charge is 2.18. The maximum absolute atomic E-state index is 4.64. The van der Waals surface area contributed by atoms with Crippen molar-refractivity contribution in [2.45, 2.75) is 0 Å². The van der Waals surface area contributed by atoms with Crippen LogP contribution in [0.4, 0.5) is 0 Å². The summed E-state index contributed by atoms with van der Waals surface area (Å²) in [7, 11) is 0. The first-order valence-corrected chi connectivity index (χ1v) is 8.68. The van der Waals surface area contributed by atoms with Gasteiger partial charge in [0.15, 0.2) is 0 Å². The quantitative estimate of drug-likeness (QED) is 0.691. The smallest absolute Gasteiger partial charge is 0.129 e. The maximum atomic E-state index is 4.64. The third kappa shape index (κ3) is 2.48. The third-order valence-corrected chi connectivity index (χ3v) is 4.70. The molecule has 0 unspecified atom stereocenters. The van der Waals surface area contributed by atoms with Gasteiger partial charge in [0.25, 0.3) is 0 Å². The Morgan fingerprint density at radius 3 is 2.24 bits per heavy atom. The molecule has 0 amide bonds. The van der Waals surface area contributed by atoms with Gasteiger partial charge < -0.3 is 15.6 Å². The minimum Gasteiger partial charge on any atom is -0.368 e. The molecule has 0 saturated heterocycles. The van der Waals surface area contributed by atoms with Crippen LogP contribution >= 0.6 is 0 Å². The second-order valence-corrected chi connectivity index (χ2v) is 6.35. The van der Waals surface area contributed by atoms with Crippen LogP contribution in [0.1, 0.15) is 11.1 Å². The van der Waals surface area contributed by atoms with Gasteiger partial charge in [-0.3, -0.25) is 9.98 Å². The van der Waals surface area contributed by atoms with Crippen LogP contribution in [-0.2, 0) is 0 Å². The van der Waals surface area contributed by atoms with Gasteiger partial charge >= 0.3 is 0 Å². The van der Waals surface area contributed by atoms with Crippen molar-refractivity contribution in [3.05, 3.63) is 59.7 Å². The fraction of sp³-hybridized carbons (Fsp3) is 0.200. The van der Waals surface area contributed by atoms with Gasteiger partial charge in [0.05, 0.1) is 13.1 Å². The van der Waals surface area contributed by atoms with Crippen molar-refractivity contribution in [3.8, 4) is 11.3 Å². The van der Waals surface area contributed by atoms with Gasteiger partial charge in [-0.2, -0.15) is 0 Å². The van der Waals surface area contributed by atoms with Gasteiger partial charge in [0.1, 0.15) is 11.7 Å². The summed E-state index contributed by atoms with van der Waals surface area (Å²) in [6.45, 7) is 3.47. The zero-order valence-corrected chi connectivity index (χ0v) is 13.8. The molecular formula is C20H19N5. The number of hydrogen-bond acceptors (Lipinski definition) is 4. The topological polar surface area (TPSA) is 64.6 Å². The van der Waals surface area contributed by atoms with E-state index >= 15 is 0 Å². The number of benzene rings is 2. The van der Waals surface area contributed by atoms with Crippen LogP contribution in [0.2, 0.25) is 0 Å². The van der Waals surface area contributed by atoms with Crippen LogP contribution in [-0.4, -0.2) is 42.8 Å². The Balaban J connectivity index is 1.72. The van der Waals surface area contributed by atoms with E-state index in [1.54, 1.807) is 0 Å². The number of aromatic nitrogens is 1. The Labute approximate surface area is 145 Å². The van der Waals surface area contributed by atoms with Crippen LogP contribution in [0.5, 0.6) is 0 Å². The van der Waals surface area contributed by atoms with Gasteiger partial charge in [-0.1, -0.05) is 30.3 Å². The number of rotatable bonds is 3. The van der Waals surface area contributed by atoms with Crippen LogP contribution < -0.4 is 10.6 Å². The molecule has 0 atom stereocenters. The van der Waals surface area contributed by atoms with E-state index in [1.807, 2.05) is 6.07 Å². The molecule has 5 nitrogen and oxygen atoms in total. The standard InChI is InChI=1S/C20H19N5/c1-2-4-13(5-3-1)17-12-15-16(20-23-8-9-24-20)10-14(11-18(15)25-17)19-21-6-7-22-19/h1-5,10-12,25H,6-9H2,(H,21,22)(H,23,24). The second-order valence-electron chi connectivity index (χ2n) is 6.35. The summed E-state index contributed by atoms with van der Waals surface area (Å²) in [5.41, 5.74) is 5.66. The maximum Gasteiger partial charge on any atom is 0.129 e. The summed E-state index contributed by atoms with van der Waals surface area (Å²) in [4.78, 5) is 12.8. The van der Waals surface area contributed by atoms with Gasteiger partial charge in [-0.05, 0) is 23.8 Å². The predicted octanol–water partition coefficient (Wildman–Crippen LogP) is 2.53. The number of aromatic amines is 1. The fourth-order valence-corrected chi connectivity index (χ4v) is 3.51. The number of amidine groups is 2. The average Bonchev–Trinajstić information content (AvgIpc) is 3.42. The highest BCUT2D eigenvalue weighted by atomic mass is 15.1. The van der Waals surface area contributed by atoms with Crippen molar-refractivity contribution in [1.82, 2.24) is 15.6 Å². The normalized spacial score (nSPS) is 16.5. The van der Waals surface area contributed by atoms with Crippen molar-refractivity contribution in [2.75, 3.05) is 26.2 Å². The molecule has 0 spiro atoms. The van der Waals surface area contributed by atoms with E-state index in [0.717, 1.165) is 60.2 Å². The summed E-state index contributed by atoms with van der Waals surface area (Å²) in [5, 5.41) is 7.97. The lowest BCUT2D eigenvalue weighted by molar-refractivity contribution is 0.959. The van der Waals surface area contributed by atoms with Crippen molar-refractivity contribution in [1.29, 1.82) is 0 Å². The molecule has 1 aromatic heterocycles. The summed E-state index contributed by atoms with van der Waals surface area (Å²) < 4.78 is 0. The Kier molecular flexibility index (Phi) is 3.30. The highest BCUT2D eigenvalue weighted by molar-refractivity contribution is 6.14. The number of aliphatic imine (C=N–C) groups is 2. The second kappa shape index (κ2) is 5.77. The van der Waals surface area contributed by atoms with E-state index in [0.29, 0.717) is 0 Å². The first-order valence-electron chi connectivity index (χ1n) is 8.68. The van der Waals surface area contributed by atoms with Crippen molar-refractivity contribution in [3.63, 3.8) is 0 Å². The zero-order chi connectivity index (χ0) is 16.6. The van der Waals surface area contributed by atoms with Crippen LogP contribution in [0.3, 0.4) is 0 Å². The molecule has 2 aliphatic rings. The van der Waals surface area contributed by atoms with Crippen LogP contribution in [0, 0.1) is 0 Å². The number of hydrogen-bond donors (Lipinski definition) is 3. The van der Waals surface area contributed by atoms with Gasteiger partial charge in [0.2, 0.25) is 0 Å². The Bertz CT molecular complexity index is 998. The van der Waals surface area contributed by atoms with Gasteiger partial charge in [-0.15, -0.1) is 0 Å². The Morgan fingerprint density at radius 1 is 0.760 bits per heavy atom. The molecule has 2 aromatic carbocycles. The summed E-state index contributed by atoms with van der Waals surface area (Å²) in [5.74, 6) is 1.95.